The Kier molecular flexibility index (Phi) is 3.00. The molecule has 0 aliphatic carbocycles. The summed E-state index contributed by atoms with van der Waals surface area (Å²) in [4.78, 5) is 4.33. The first-order chi connectivity index (χ1) is 8.86. The second-order valence-electron chi connectivity index (χ2n) is 3.66. The van der Waals surface area contributed by atoms with Gasteiger partial charge in [-0.05, 0) is 48.0 Å². The van der Waals surface area contributed by atoms with Crippen LogP contribution in [0.3, 0.4) is 0 Å². The number of aromatic nitrogens is 3. The Bertz CT molecular complexity index is 702. The minimum atomic E-state index is 0.724. The Hall–Kier alpha value is -1.85. The molecule has 18 heavy (non-hydrogen) atoms. The molecule has 0 bridgehead atoms. The van der Waals surface area contributed by atoms with Gasteiger partial charge in [-0.15, -0.1) is 0 Å². The van der Waals surface area contributed by atoms with Gasteiger partial charge in [-0.3, -0.25) is 9.55 Å². The van der Waals surface area contributed by atoms with Crippen LogP contribution in [0.15, 0.2) is 54.7 Å². The highest BCUT2D eigenvalue weighted by Gasteiger charge is 2.11. The van der Waals surface area contributed by atoms with Gasteiger partial charge in [0, 0.05) is 11.9 Å². The average molecular weight is 271 g/mol. The summed E-state index contributed by atoms with van der Waals surface area (Å²) in [5, 5.41) is 0. The zero-order valence-electron chi connectivity index (χ0n) is 9.35. The Labute approximate surface area is 114 Å². The molecule has 3 aromatic rings. The van der Waals surface area contributed by atoms with Gasteiger partial charge in [0.15, 0.2) is 9.78 Å². The predicted molar refractivity (Wildman–Crippen MR) is 75.5 cm³/mol. The van der Waals surface area contributed by atoms with Crippen LogP contribution in [0.25, 0.3) is 17.2 Å². The molecular formula is C13H9N3S2. The molecule has 0 aliphatic rings. The van der Waals surface area contributed by atoms with E-state index in [4.69, 9.17) is 12.2 Å². The van der Waals surface area contributed by atoms with Gasteiger partial charge in [-0.2, -0.15) is 4.37 Å². The largest absolute Gasteiger partial charge is 0.273 e. The van der Waals surface area contributed by atoms with E-state index in [1.807, 2.05) is 53.1 Å². The van der Waals surface area contributed by atoms with Gasteiger partial charge < -0.3 is 0 Å². The number of nitrogens with zero attached hydrogens (tertiary/aromatic N) is 3. The summed E-state index contributed by atoms with van der Waals surface area (Å²) in [5.74, 6) is 0.789. The molecule has 0 amide bonds. The van der Waals surface area contributed by atoms with Crippen molar-refractivity contribution in [1.82, 2.24) is 13.9 Å². The third-order valence-corrected chi connectivity index (χ3v) is 3.52. The van der Waals surface area contributed by atoms with E-state index in [0.717, 1.165) is 21.2 Å². The van der Waals surface area contributed by atoms with Gasteiger partial charge in [0.05, 0.1) is 0 Å². The standard InChI is InChI=1S/C13H9N3S2/c17-13-16(10-6-2-1-3-7-10)12(15-18-13)11-8-4-5-9-14-11/h1-9H. The Morgan fingerprint density at radius 2 is 1.78 bits per heavy atom. The lowest BCUT2D eigenvalue weighted by molar-refractivity contribution is 1.04. The van der Waals surface area contributed by atoms with Gasteiger partial charge in [-0.25, -0.2) is 0 Å². The minimum Gasteiger partial charge on any atom is -0.273 e. The third-order valence-electron chi connectivity index (χ3n) is 2.51. The van der Waals surface area contributed by atoms with E-state index in [1.165, 1.54) is 11.5 Å². The first-order valence-corrected chi connectivity index (χ1v) is 6.60. The fourth-order valence-electron chi connectivity index (χ4n) is 1.71. The molecule has 0 radical (unpaired) electrons. The number of benzene rings is 1. The quantitative estimate of drug-likeness (QED) is 0.665. The highest BCUT2D eigenvalue weighted by atomic mass is 32.2. The van der Waals surface area contributed by atoms with Crippen LogP contribution in [0.2, 0.25) is 0 Å². The molecule has 2 aromatic heterocycles. The maximum absolute atomic E-state index is 5.35. The monoisotopic (exact) mass is 271 g/mol. The molecule has 5 heteroatoms. The molecule has 0 spiro atoms. The summed E-state index contributed by atoms with van der Waals surface area (Å²) in [6.07, 6.45) is 1.76. The van der Waals surface area contributed by atoms with E-state index in [0.29, 0.717) is 0 Å². The molecule has 3 rings (SSSR count). The van der Waals surface area contributed by atoms with Gasteiger partial charge in [0.2, 0.25) is 0 Å². The molecule has 0 saturated heterocycles. The molecule has 0 N–H and O–H groups in total. The van der Waals surface area contributed by atoms with Gasteiger partial charge in [0.1, 0.15) is 5.69 Å². The summed E-state index contributed by atoms with van der Waals surface area (Å²) in [5.41, 5.74) is 1.84. The zero-order valence-corrected chi connectivity index (χ0v) is 11.0. The average Bonchev–Trinajstić information content (AvgIpc) is 2.83. The van der Waals surface area contributed by atoms with Crippen molar-refractivity contribution in [2.75, 3.05) is 0 Å². The van der Waals surface area contributed by atoms with Gasteiger partial charge >= 0.3 is 0 Å². The summed E-state index contributed by atoms with van der Waals surface area (Å²) in [6.45, 7) is 0. The first kappa shape index (κ1) is 11.3. The van der Waals surface area contributed by atoms with E-state index in [2.05, 4.69) is 9.36 Å². The van der Waals surface area contributed by atoms with Crippen molar-refractivity contribution in [2.45, 2.75) is 0 Å². The lowest BCUT2D eigenvalue weighted by Crippen LogP contribution is -1.98. The van der Waals surface area contributed by atoms with E-state index in [1.54, 1.807) is 6.20 Å². The summed E-state index contributed by atoms with van der Waals surface area (Å²) >= 11 is 6.65. The van der Waals surface area contributed by atoms with Crippen LogP contribution in [0, 0.1) is 3.95 Å². The number of hydrogen-bond donors (Lipinski definition) is 0. The van der Waals surface area contributed by atoms with Crippen LogP contribution >= 0.6 is 23.8 Å². The summed E-state index contributed by atoms with van der Waals surface area (Å²) < 4.78 is 7.07. The molecule has 0 unspecified atom stereocenters. The maximum atomic E-state index is 5.35. The topological polar surface area (TPSA) is 30.7 Å². The lowest BCUT2D eigenvalue weighted by atomic mass is 10.3. The van der Waals surface area contributed by atoms with Crippen LogP contribution in [-0.4, -0.2) is 13.9 Å². The lowest BCUT2D eigenvalue weighted by Gasteiger charge is -2.05. The second-order valence-corrected chi connectivity index (χ2v) is 5.05. The van der Waals surface area contributed by atoms with Crippen molar-refractivity contribution in [3.63, 3.8) is 0 Å². The van der Waals surface area contributed by atoms with Crippen molar-refractivity contribution in [3.8, 4) is 17.2 Å². The SMILES string of the molecule is S=c1snc(-c2ccccn2)n1-c1ccccc1. The molecule has 1 aromatic carbocycles. The molecule has 88 valence electrons. The van der Waals surface area contributed by atoms with Crippen LogP contribution in [0.5, 0.6) is 0 Å². The highest BCUT2D eigenvalue weighted by Crippen LogP contribution is 2.22. The smallest absolute Gasteiger partial charge is 0.185 e. The Balaban J connectivity index is 2.23. The van der Waals surface area contributed by atoms with Crippen molar-refractivity contribution < 1.29 is 0 Å². The number of rotatable bonds is 2. The third kappa shape index (κ3) is 1.98. The van der Waals surface area contributed by atoms with Crippen LogP contribution in [-0.2, 0) is 0 Å². The fraction of sp³-hybridized carbons (Fsp3) is 0. The van der Waals surface area contributed by atoms with Crippen LogP contribution in [0.4, 0.5) is 0 Å². The van der Waals surface area contributed by atoms with Crippen molar-refractivity contribution in [2.24, 2.45) is 0 Å². The second kappa shape index (κ2) is 4.80. The first-order valence-electron chi connectivity index (χ1n) is 5.42. The summed E-state index contributed by atoms with van der Waals surface area (Å²) in [6, 6.07) is 15.7. The number of pyridine rings is 1. The molecule has 0 saturated carbocycles. The summed E-state index contributed by atoms with van der Waals surface area (Å²) in [7, 11) is 0. The molecule has 0 fully saturated rings. The minimum absolute atomic E-state index is 0.724. The zero-order chi connectivity index (χ0) is 12.4. The molecule has 0 aliphatic heterocycles. The molecule has 3 nitrogen and oxygen atoms in total. The van der Waals surface area contributed by atoms with Gasteiger partial charge in [0.25, 0.3) is 0 Å². The van der Waals surface area contributed by atoms with Gasteiger partial charge in [-0.1, -0.05) is 24.3 Å². The Morgan fingerprint density at radius 1 is 1.00 bits per heavy atom. The van der Waals surface area contributed by atoms with Crippen LogP contribution in [0.1, 0.15) is 0 Å². The van der Waals surface area contributed by atoms with Crippen molar-refractivity contribution in [1.29, 1.82) is 0 Å². The molecular weight excluding hydrogens is 262 g/mol. The van der Waals surface area contributed by atoms with Crippen LogP contribution < -0.4 is 0 Å². The maximum Gasteiger partial charge on any atom is 0.185 e. The van der Waals surface area contributed by atoms with E-state index in [9.17, 15) is 0 Å². The number of para-hydroxylation sites is 1. The Morgan fingerprint density at radius 3 is 2.50 bits per heavy atom. The fourth-order valence-corrected chi connectivity index (χ4v) is 2.63. The van der Waals surface area contributed by atoms with E-state index >= 15 is 0 Å². The van der Waals surface area contributed by atoms with Crippen molar-refractivity contribution >= 4 is 23.8 Å². The van der Waals surface area contributed by atoms with E-state index in [-0.39, 0.29) is 0 Å². The highest BCUT2D eigenvalue weighted by molar-refractivity contribution is 7.73. The number of hydrogen-bond acceptors (Lipinski definition) is 4. The molecule has 2 heterocycles. The van der Waals surface area contributed by atoms with E-state index < -0.39 is 0 Å². The van der Waals surface area contributed by atoms with Crippen molar-refractivity contribution in [3.05, 3.63) is 58.7 Å². The predicted octanol–water partition coefficient (Wildman–Crippen LogP) is 3.73. The molecule has 0 atom stereocenters. The normalized spacial score (nSPS) is 10.4.